The minimum atomic E-state index is -0.195. The van der Waals surface area contributed by atoms with Crippen molar-refractivity contribution >= 4 is 50.5 Å². The Morgan fingerprint density at radius 3 is 2.62 bits per heavy atom. The van der Waals surface area contributed by atoms with Crippen molar-refractivity contribution in [3.63, 3.8) is 0 Å². The van der Waals surface area contributed by atoms with Crippen molar-refractivity contribution in [2.24, 2.45) is 0 Å². The van der Waals surface area contributed by atoms with Gasteiger partial charge in [0.05, 0.1) is 16.6 Å². The van der Waals surface area contributed by atoms with Crippen molar-refractivity contribution in [2.45, 2.75) is 26.2 Å². The van der Waals surface area contributed by atoms with Crippen LogP contribution in [0.3, 0.4) is 0 Å². The first-order chi connectivity index (χ1) is 11.5. The number of hydrogen-bond acceptors (Lipinski definition) is 4. The third-order valence-electron chi connectivity index (χ3n) is 3.25. The molecule has 0 spiro atoms. The molecule has 7 heteroatoms. The van der Waals surface area contributed by atoms with E-state index < -0.39 is 0 Å². The van der Waals surface area contributed by atoms with E-state index in [2.05, 4.69) is 32.6 Å². The van der Waals surface area contributed by atoms with Gasteiger partial charge in [-0.15, -0.1) is 11.3 Å². The number of carbonyl (C=O) groups is 2. The van der Waals surface area contributed by atoms with Crippen molar-refractivity contribution in [2.75, 3.05) is 17.7 Å². The molecule has 1 heterocycles. The molecular formula is C17H19BrN2O3S. The second kappa shape index (κ2) is 8.84. The third-order valence-corrected chi connectivity index (χ3v) is 4.93. The molecule has 2 rings (SSSR count). The Morgan fingerprint density at radius 1 is 1.21 bits per heavy atom. The summed E-state index contributed by atoms with van der Waals surface area (Å²) in [6.45, 7) is 1.42. The maximum atomic E-state index is 12.1. The van der Waals surface area contributed by atoms with Crippen LogP contribution >= 0.6 is 27.3 Å². The van der Waals surface area contributed by atoms with Gasteiger partial charge in [0, 0.05) is 23.9 Å². The first kappa shape index (κ1) is 18.5. The number of hydrogen-bond donors (Lipinski definition) is 2. The molecule has 0 radical (unpaired) electrons. The van der Waals surface area contributed by atoms with Gasteiger partial charge in [0.1, 0.15) is 5.75 Å². The van der Waals surface area contributed by atoms with E-state index in [9.17, 15) is 9.59 Å². The van der Waals surface area contributed by atoms with E-state index in [1.54, 1.807) is 29.5 Å². The first-order valence-electron chi connectivity index (χ1n) is 7.47. The zero-order valence-electron chi connectivity index (χ0n) is 13.5. The monoisotopic (exact) mass is 410 g/mol. The first-order valence-corrected chi connectivity index (χ1v) is 9.08. The molecule has 2 N–H and O–H groups in total. The third kappa shape index (κ3) is 5.65. The molecule has 5 nitrogen and oxygen atoms in total. The zero-order valence-corrected chi connectivity index (χ0v) is 15.9. The van der Waals surface area contributed by atoms with Crippen LogP contribution in [0, 0.1) is 0 Å². The van der Waals surface area contributed by atoms with Crippen LogP contribution in [0.5, 0.6) is 5.75 Å². The van der Waals surface area contributed by atoms with Crippen LogP contribution in [-0.4, -0.2) is 18.9 Å². The van der Waals surface area contributed by atoms with Gasteiger partial charge < -0.3 is 15.4 Å². The lowest BCUT2D eigenvalue weighted by Gasteiger charge is -2.12. The van der Waals surface area contributed by atoms with Crippen LogP contribution in [0.1, 0.15) is 24.6 Å². The van der Waals surface area contributed by atoms with Gasteiger partial charge >= 0.3 is 0 Å². The molecule has 0 aliphatic carbocycles. The number of aryl methyl sites for hydroxylation is 1. The second-order valence-corrected chi connectivity index (χ2v) is 7.75. The van der Waals surface area contributed by atoms with Crippen molar-refractivity contribution in [1.29, 1.82) is 0 Å². The number of anilines is 2. The standard InChI is InChI=1S/C17H19BrN2O3S/c1-11(21)19-14-10-12(6-8-15(14)23-2)20-17(22)5-3-4-13-7-9-16(18)24-13/h6-10H,3-5H2,1-2H3,(H,19,21)(H,20,22). The number of halogens is 1. The minimum absolute atomic E-state index is 0.0513. The summed E-state index contributed by atoms with van der Waals surface area (Å²) in [7, 11) is 1.53. The molecule has 2 amide bonds. The molecule has 0 saturated heterocycles. The highest BCUT2D eigenvalue weighted by atomic mass is 79.9. The number of methoxy groups -OCH3 is 1. The van der Waals surface area contributed by atoms with Gasteiger partial charge in [-0.05, 0) is 59.1 Å². The van der Waals surface area contributed by atoms with Crippen molar-refractivity contribution < 1.29 is 14.3 Å². The van der Waals surface area contributed by atoms with Crippen LogP contribution in [0.4, 0.5) is 11.4 Å². The van der Waals surface area contributed by atoms with Gasteiger partial charge in [-0.2, -0.15) is 0 Å². The number of thiophene rings is 1. The Morgan fingerprint density at radius 2 is 2.00 bits per heavy atom. The Balaban J connectivity index is 1.89. The van der Waals surface area contributed by atoms with Gasteiger partial charge in [-0.25, -0.2) is 0 Å². The van der Waals surface area contributed by atoms with Crippen LogP contribution in [0.2, 0.25) is 0 Å². The van der Waals surface area contributed by atoms with Gasteiger partial charge in [-0.1, -0.05) is 0 Å². The Hall–Kier alpha value is -1.86. The molecule has 0 unspecified atom stereocenters. The molecular weight excluding hydrogens is 392 g/mol. The Bertz CT molecular complexity index is 730. The lowest BCUT2D eigenvalue weighted by Crippen LogP contribution is -2.12. The largest absolute Gasteiger partial charge is 0.495 e. The summed E-state index contributed by atoms with van der Waals surface area (Å²) >= 11 is 5.12. The SMILES string of the molecule is COc1ccc(NC(=O)CCCc2ccc(Br)s2)cc1NC(C)=O. The number of benzene rings is 1. The highest BCUT2D eigenvalue weighted by Crippen LogP contribution is 2.28. The highest BCUT2D eigenvalue weighted by molar-refractivity contribution is 9.11. The predicted octanol–water partition coefficient (Wildman–Crippen LogP) is 4.44. The maximum absolute atomic E-state index is 12.1. The van der Waals surface area contributed by atoms with Crippen LogP contribution in [-0.2, 0) is 16.0 Å². The second-order valence-electron chi connectivity index (χ2n) is 5.20. The average Bonchev–Trinajstić information content (AvgIpc) is 2.92. The molecule has 0 bridgehead atoms. The number of ether oxygens (including phenoxy) is 1. The fraction of sp³-hybridized carbons (Fsp3) is 0.294. The van der Waals surface area contributed by atoms with E-state index in [1.165, 1.54) is 18.9 Å². The van der Waals surface area contributed by atoms with Crippen LogP contribution in [0.25, 0.3) is 0 Å². The van der Waals surface area contributed by atoms with E-state index in [-0.39, 0.29) is 11.8 Å². The highest BCUT2D eigenvalue weighted by Gasteiger charge is 2.09. The van der Waals surface area contributed by atoms with E-state index in [0.29, 0.717) is 23.5 Å². The van der Waals surface area contributed by atoms with Gasteiger partial charge in [0.15, 0.2) is 0 Å². The fourth-order valence-corrected chi connectivity index (χ4v) is 3.73. The molecule has 0 saturated carbocycles. The number of amides is 2. The van der Waals surface area contributed by atoms with Gasteiger partial charge in [0.25, 0.3) is 0 Å². The van der Waals surface area contributed by atoms with Crippen molar-refractivity contribution in [3.05, 3.63) is 39.0 Å². The fourth-order valence-electron chi connectivity index (χ4n) is 2.21. The number of rotatable bonds is 7. The molecule has 2 aromatic rings. The summed E-state index contributed by atoms with van der Waals surface area (Å²) in [5, 5.41) is 5.53. The molecule has 0 atom stereocenters. The van der Waals surface area contributed by atoms with E-state index in [0.717, 1.165) is 16.6 Å². The predicted molar refractivity (Wildman–Crippen MR) is 101 cm³/mol. The number of nitrogens with one attached hydrogen (secondary N) is 2. The molecule has 0 aliphatic heterocycles. The summed E-state index contributed by atoms with van der Waals surface area (Å²) in [6.07, 6.45) is 2.11. The lowest BCUT2D eigenvalue weighted by molar-refractivity contribution is -0.116. The Labute approximate surface area is 153 Å². The topological polar surface area (TPSA) is 67.4 Å². The summed E-state index contributed by atoms with van der Waals surface area (Å²) in [5.41, 5.74) is 1.16. The molecule has 1 aromatic heterocycles. The quantitative estimate of drug-likeness (QED) is 0.708. The average molecular weight is 411 g/mol. The number of carbonyl (C=O) groups excluding carboxylic acids is 2. The Kier molecular flexibility index (Phi) is 6.81. The normalized spacial score (nSPS) is 10.3. The zero-order chi connectivity index (χ0) is 17.5. The minimum Gasteiger partial charge on any atom is -0.495 e. The van der Waals surface area contributed by atoms with Crippen LogP contribution < -0.4 is 15.4 Å². The molecule has 1 aromatic carbocycles. The van der Waals surface area contributed by atoms with Gasteiger partial charge in [-0.3, -0.25) is 9.59 Å². The summed E-state index contributed by atoms with van der Waals surface area (Å²) < 4.78 is 6.29. The van der Waals surface area contributed by atoms with E-state index in [1.807, 2.05) is 6.07 Å². The molecule has 0 fully saturated rings. The molecule has 24 heavy (non-hydrogen) atoms. The van der Waals surface area contributed by atoms with Crippen molar-refractivity contribution in [3.8, 4) is 5.75 Å². The van der Waals surface area contributed by atoms with Crippen LogP contribution in [0.15, 0.2) is 34.1 Å². The van der Waals surface area contributed by atoms with E-state index >= 15 is 0 Å². The van der Waals surface area contributed by atoms with Gasteiger partial charge in [0.2, 0.25) is 11.8 Å². The molecule has 128 valence electrons. The summed E-state index contributed by atoms with van der Waals surface area (Å²) in [5.74, 6) is 0.301. The lowest BCUT2D eigenvalue weighted by atomic mass is 10.2. The maximum Gasteiger partial charge on any atom is 0.224 e. The molecule has 0 aliphatic rings. The smallest absolute Gasteiger partial charge is 0.224 e. The summed E-state index contributed by atoms with van der Waals surface area (Å²) in [4.78, 5) is 24.6. The van der Waals surface area contributed by atoms with Crippen molar-refractivity contribution in [1.82, 2.24) is 0 Å². The van der Waals surface area contributed by atoms with E-state index in [4.69, 9.17) is 4.74 Å². The summed E-state index contributed by atoms with van der Waals surface area (Å²) in [6, 6.07) is 9.23.